The van der Waals surface area contributed by atoms with Gasteiger partial charge >= 0.3 is 0 Å². The minimum absolute atomic E-state index is 0.0335. The summed E-state index contributed by atoms with van der Waals surface area (Å²) in [4.78, 5) is 37.8. The second-order valence-electron chi connectivity index (χ2n) is 6.88. The monoisotopic (exact) mass is 427 g/mol. The SMILES string of the molecule is O=C(Nc1ccc(Cl)c([N+](=O)[O-])c1)C1CCN(c2cc(-n3ccnc3)ncn2)CC1. The summed E-state index contributed by atoms with van der Waals surface area (Å²) in [6, 6.07) is 6.12. The number of amides is 1. The van der Waals surface area contributed by atoms with E-state index in [0.717, 1.165) is 11.6 Å². The second kappa shape index (κ2) is 8.46. The second-order valence-corrected chi connectivity index (χ2v) is 7.29. The van der Waals surface area contributed by atoms with Crippen molar-refractivity contribution in [3.63, 3.8) is 0 Å². The van der Waals surface area contributed by atoms with Gasteiger partial charge in [-0.2, -0.15) is 0 Å². The molecule has 0 unspecified atom stereocenters. The van der Waals surface area contributed by atoms with E-state index >= 15 is 0 Å². The molecule has 30 heavy (non-hydrogen) atoms. The molecule has 1 N–H and O–H groups in total. The third-order valence-electron chi connectivity index (χ3n) is 5.01. The molecule has 0 saturated carbocycles. The fraction of sp³-hybridized carbons (Fsp3) is 0.263. The van der Waals surface area contributed by atoms with Crippen LogP contribution in [0.15, 0.2) is 49.3 Å². The van der Waals surface area contributed by atoms with E-state index in [1.54, 1.807) is 23.2 Å². The summed E-state index contributed by atoms with van der Waals surface area (Å²) in [6.07, 6.45) is 7.96. The summed E-state index contributed by atoms with van der Waals surface area (Å²) in [5.41, 5.74) is 0.126. The van der Waals surface area contributed by atoms with Crippen LogP contribution in [0.25, 0.3) is 5.82 Å². The minimum atomic E-state index is -0.573. The van der Waals surface area contributed by atoms with E-state index in [-0.39, 0.29) is 22.5 Å². The molecule has 154 valence electrons. The molecular weight excluding hydrogens is 410 g/mol. The molecule has 1 aromatic carbocycles. The van der Waals surface area contributed by atoms with Gasteiger partial charge in [0.1, 0.15) is 29.3 Å². The fourth-order valence-corrected chi connectivity index (χ4v) is 3.58. The quantitative estimate of drug-likeness (QED) is 0.490. The molecule has 0 atom stereocenters. The molecule has 11 heteroatoms. The van der Waals surface area contributed by atoms with Gasteiger partial charge in [0, 0.05) is 49.2 Å². The molecule has 0 aliphatic carbocycles. The third-order valence-corrected chi connectivity index (χ3v) is 5.33. The normalized spacial score (nSPS) is 14.5. The summed E-state index contributed by atoms with van der Waals surface area (Å²) in [5, 5.41) is 13.8. The van der Waals surface area contributed by atoms with Crippen LogP contribution in [0.1, 0.15) is 12.8 Å². The molecule has 1 amide bonds. The molecule has 1 aliphatic heterocycles. The van der Waals surface area contributed by atoms with Gasteiger partial charge in [0.05, 0.1) is 4.92 Å². The average molecular weight is 428 g/mol. The highest BCUT2D eigenvalue weighted by molar-refractivity contribution is 6.32. The van der Waals surface area contributed by atoms with Crippen LogP contribution in [0.5, 0.6) is 0 Å². The van der Waals surface area contributed by atoms with E-state index in [0.29, 0.717) is 31.6 Å². The highest BCUT2D eigenvalue weighted by atomic mass is 35.5. The first kappa shape index (κ1) is 19.8. The van der Waals surface area contributed by atoms with Crippen molar-refractivity contribution in [2.24, 2.45) is 5.92 Å². The molecule has 0 radical (unpaired) electrons. The fourth-order valence-electron chi connectivity index (χ4n) is 3.39. The van der Waals surface area contributed by atoms with Crippen molar-refractivity contribution in [2.45, 2.75) is 12.8 Å². The van der Waals surface area contributed by atoms with Gasteiger partial charge in [0.2, 0.25) is 5.91 Å². The van der Waals surface area contributed by atoms with E-state index in [1.807, 2.05) is 12.3 Å². The Balaban J connectivity index is 1.38. The molecule has 1 fully saturated rings. The maximum Gasteiger partial charge on any atom is 0.289 e. The number of piperidine rings is 1. The molecule has 1 aliphatic rings. The number of hydrogen-bond acceptors (Lipinski definition) is 7. The van der Waals surface area contributed by atoms with Gasteiger partial charge < -0.3 is 10.2 Å². The number of nitro benzene ring substituents is 1. The summed E-state index contributed by atoms with van der Waals surface area (Å²) >= 11 is 5.82. The van der Waals surface area contributed by atoms with Crippen LogP contribution in [0.4, 0.5) is 17.2 Å². The lowest BCUT2D eigenvalue weighted by molar-refractivity contribution is -0.384. The Labute approximate surface area is 176 Å². The maximum atomic E-state index is 12.6. The smallest absolute Gasteiger partial charge is 0.289 e. The van der Waals surface area contributed by atoms with Crippen molar-refractivity contribution >= 4 is 34.7 Å². The van der Waals surface area contributed by atoms with E-state index in [9.17, 15) is 14.9 Å². The first-order valence-electron chi connectivity index (χ1n) is 9.31. The number of nitrogens with one attached hydrogen (secondary N) is 1. The van der Waals surface area contributed by atoms with Crippen molar-refractivity contribution in [3.8, 4) is 5.82 Å². The Kier molecular flexibility index (Phi) is 5.57. The summed E-state index contributed by atoms with van der Waals surface area (Å²) in [5.74, 6) is 1.17. The molecule has 10 nitrogen and oxygen atoms in total. The molecule has 0 bridgehead atoms. The third kappa shape index (κ3) is 4.23. The maximum absolute atomic E-state index is 12.6. The number of halogens is 1. The van der Waals surface area contributed by atoms with Gasteiger partial charge in [-0.1, -0.05) is 11.6 Å². The lowest BCUT2D eigenvalue weighted by Crippen LogP contribution is -2.38. The zero-order valence-electron chi connectivity index (χ0n) is 15.8. The average Bonchev–Trinajstić information content (AvgIpc) is 3.30. The van der Waals surface area contributed by atoms with Crippen LogP contribution in [0.2, 0.25) is 5.02 Å². The van der Waals surface area contributed by atoms with Crippen LogP contribution in [0, 0.1) is 16.0 Å². The zero-order chi connectivity index (χ0) is 21.1. The molecule has 0 spiro atoms. The molecule has 2 aromatic heterocycles. The number of aromatic nitrogens is 4. The lowest BCUT2D eigenvalue weighted by Gasteiger charge is -2.32. The number of hydrogen-bond donors (Lipinski definition) is 1. The van der Waals surface area contributed by atoms with Crippen molar-refractivity contribution in [2.75, 3.05) is 23.3 Å². The number of rotatable bonds is 5. The van der Waals surface area contributed by atoms with Crippen LogP contribution in [0.3, 0.4) is 0 Å². The minimum Gasteiger partial charge on any atom is -0.356 e. The Morgan fingerprint density at radius 2 is 1.97 bits per heavy atom. The number of benzene rings is 1. The number of carbonyl (C=O) groups excluding carboxylic acids is 1. The molecular formula is C19H18ClN7O3. The number of nitro groups is 1. The highest BCUT2D eigenvalue weighted by Gasteiger charge is 2.26. The first-order valence-corrected chi connectivity index (χ1v) is 9.69. The van der Waals surface area contributed by atoms with Gasteiger partial charge in [-0.15, -0.1) is 0 Å². The summed E-state index contributed by atoms with van der Waals surface area (Å²) < 4.78 is 1.80. The van der Waals surface area contributed by atoms with Gasteiger partial charge in [-0.3, -0.25) is 19.5 Å². The van der Waals surface area contributed by atoms with Gasteiger partial charge in [0.25, 0.3) is 5.69 Å². The Morgan fingerprint density at radius 1 is 1.20 bits per heavy atom. The van der Waals surface area contributed by atoms with Crippen LogP contribution >= 0.6 is 11.6 Å². The Hall–Kier alpha value is -3.53. The summed E-state index contributed by atoms with van der Waals surface area (Å²) in [7, 11) is 0. The molecule has 1 saturated heterocycles. The largest absolute Gasteiger partial charge is 0.356 e. The van der Waals surface area contributed by atoms with Crippen LogP contribution in [-0.4, -0.2) is 43.4 Å². The standard InChI is InChI=1S/C19H18ClN7O3/c20-15-2-1-14(9-16(15)27(29)30)24-19(28)13-3-6-25(7-4-13)17-10-18(23-11-22-17)26-8-5-21-12-26/h1-2,5,8-13H,3-4,6-7H2,(H,24,28). The van der Waals surface area contributed by atoms with Gasteiger partial charge in [-0.25, -0.2) is 15.0 Å². The zero-order valence-corrected chi connectivity index (χ0v) is 16.6. The predicted octanol–water partition coefficient (Wildman–Crippen LogP) is 3.08. The van der Waals surface area contributed by atoms with Crippen molar-refractivity contribution < 1.29 is 9.72 Å². The van der Waals surface area contributed by atoms with E-state index in [4.69, 9.17) is 11.6 Å². The highest BCUT2D eigenvalue weighted by Crippen LogP contribution is 2.29. The molecule has 4 rings (SSSR count). The van der Waals surface area contributed by atoms with E-state index in [2.05, 4.69) is 25.2 Å². The first-order chi connectivity index (χ1) is 14.5. The van der Waals surface area contributed by atoms with Gasteiger partial charge in [0.15, 0.2) is 0 Å². The number of imidazole rings is 1. The van der Waals surface area contributed by atoms with Crippen LogP contribution < -0.4 is 10.2 Å². The van der Waals surface area contributed by atoms with E-state index in [1.165, 1.54) is 18.5 Å². The van der Waals surface area contributed by atoms with Crippen molar-refractivity contribution in [1.29, 1.82) is 0 Å². The number of nitrogens with zero attached hydrogens (tertiary/aromatic N) is 6. The molecule has 3 heterocycles. The molecule has 3 aromatic rings. The summed E-state index contributed by atoms with van der Waals surface area (Å²) in [6.45, 7) is 1.33. The Morgan fingerprint density at radius 3 is 2.67 bits per heavy atom. The van der Waals surface area contributed by atoms with Gasteiger partial charge in [-0.05, 0) is 25.0 Å². The lowest BCUT2D eigenvalue weighted by atomic mass is 9.95. The topological polar surface area (TPSA) is 119 Å². The van der Waals surface area contributed by atoms with Crippen molar-refractivity contribution in [3.05, 3.63) is 64.5 Å². The number of anilines is 2. The van der Waals surface area contributed by atoms with Crippen LogP contribution in [-0.2, 0) is 4.79 Å². The van der Waals surface area contributed by atoms with E-state index < -0.39 is 4.92 Å². The Bertz CT molecular complexity index is 1070. The predicted molar refractivity (Wildman–Crippen MR) is 111 cm³/mol. The van der Waals surface area contributed by atoms with Crippen molar-refractivity contribution in [1.82, 2.24) is 19.5 Å². The number of carbonyl (C=O) groups is 1.